The fourth-order valence-electron chi connectivity index (χ4n) is 2.57. The number of nitrogens with two attached hydrogens (primary N) is 1. The number of halogens is 3. The van der Waals surface area contributed by atoms with Crippen LogP contribution in [0.2, 0.25) is 0 Å². The molecular formula is C19H13F3N2O2. The second-order valence-electron chi connectivity index (χ2n) is 5.60. The van der Waals surface area contributed by atoms with Gasteiger partial charge in [-0.2, -0.15) is 13.2 Å². The number of benzene rings is 2. The molecule has 0 radical (unpaired) electrons. The van der Waals surface area contributed by atoms with Gasteiger partial charge in [0.25, 0.3) is 11.5 Å². The van der Waals surface area contributed by atoms with Crippen LogP contribution >= 0.6 is 0 Å². The standard InChI is InChI=1S/C19H13F3N2O2/c20-19(21,22)14-7-4-8-15(10-14)24-11-13(12-5-2-1-3-6-12)9-16(17(23)25)18(24)26/h1-11H,(H2,23,25). The zero-order chi connectivity index (χ0) is 18.9. The number of pyridine rings is 1. The molecule has 0 saturated carbocycles. The third-order valence-electron chi connectivity index (χ3n) is 3.84. The zero-order valence-electron chi connectivity index (χ0n) is 13.3. The molecule has 0 fully saturated rings. The first-order valence-electron chi connectivity index (χ1n) is 7.57. The summed E-state index contributed by atoms with van der Waals surface area (Å²) < 4.78 is 39.9. The molecule has 7 heteroatoms. The first-order chi connectivity index (χ1) is 12.3. The monoisotopic (exact) mass is 358 g/mol. The van der Waals surface area contributed by atoms with E-state index in [4.69, 9.17) is 5.73 Å². The highest BCUT2D eigenvalue weighted by atomic mass is 19.4. The Morgan fingerprint density at radius 3 is 2.23 bits per heavy atom. The lowest BCUT2D eigenvalue weighted by atomic mass is 10.0. The van der Waals surface area contributed by atoms with E-state index < -0.39 is 23.2 Å². The molecule has 0 unspecified atom stereocenters. The molecule has 0 aliphatic rings. The Kier molecular flexibility index (Phi) is 4.38. The van der Waals surface area contributed by atoms with Crippen LogP contribution < -0.4 is 11.3 Å². The number of rotatable bonds is 3. The smallest absolute Gasteiger partial charge is 0.365 e. The van der Waals surface area contributed by atoms with Crippen LogP contribution in [0.5, 0.6) is 0 Å². The molecule has 2 N–H and O–H groups in total. The molecule has 26 heavy (non-hydrogen) atoms. The van der Waals surface area contributed by atoms with E-state index in [1.165, 1.54) is 24.4 Å². The van der Waals surface area contributed by atoms with Gasteiger partial charge in [-0.05, 0) is 35.4 Å². The molecule has 4 nitrogen and oxygen atoms in total. The van der Waals surface area contributed by atoms with Gasteiger partial charge in [0.15, 0.2) is 0 Å². The number of nitrogens with zero attached hydrogens (tertiary/aromatic N) is 1. The van der Waals surface area contributed by atoms with Crippen LogP contribution in [0.1, 0.15) is 15.9 Å². The van der Waals surface area contributed by atoms with Crippen LogP contribution in [0, 0.1) is 0 Å². The quantitative estimate of drug-likeness (QED) is 0.777. The predicted molar refractivity (Wildman–Crippen MR) is 91.0 cm³/mol. The van der Waals surface area contributed by atoms with E-state index >= 15 is 0 Å². The van der Waals surface area contributed by atoms with Crippen molar-refractivity contribution in [3.63, 3.8) is 0 Å². The molecule has 3 rings (SSSR count). The molecule has 0 aliphatic heterocycles. The molecule has 0 bridgehead atoms. The van der Waals surface area contributed by atoms with E-state index in [1.807, 2.05) is 0 Å². The van der Waals surface area contributed by atoms with E-state index in [0.717, 1.165) is 16.7 Å². The lowest BCUT2D eigenvalue weighted by Gasteiger charge is -2.13. The largest absolute Gasteiger partial charge is 0.416 e. The summed E-state index contributed by atoms with van der Waals surface area (Å²) in [6.07, 6.45) is -3.16. The Hall–Kier alpha value is -3.35. The van der Waals surface area contributed by atoms with Crippen molar-refractivity contribution in [3.8, 4) is 16.8 Å². The van der Waals surface area contributed by atoms with Crippen LogP contribution in [-0.4, -0.2) is 10.5 Å². The topological polar surface area (TPSA) is 65.1 Å². The van der Waals surface area contributed by atoms with Crippen molar-refractivity contribution in [2.45, 2.75) is 6.18 Å². The van der Waals surface area contributed by atoms with Gasteiger partial charge >= 0.3 is 6.18 Å². The summed E-state index contributed by atoms with van der Waals surface area (Å²) in [5.41, 5.74) is 4.46. The highest BCUT2D eigenvalue weighted by molar-refractivity contribution is 5.93. The average Bonchev–Trinajstić information content (AvgIpc) is 2.62. The predicted octanol–water partition coefficient (Wildman–Crippen LogP) is 3.62. The van der Waals surface area contributed by atoms with Gasteiger partial charge in [0.1, 0.15) is 5.56 Å². The molecule has 0 saturated heterocycles. The number of primary amides is 1. The molecule has 132 valence electrons. The summed E-state index contributed by atoms with van der Waals surface area (Å²) in [6.45, 7) is 0. The lowest BCUT2D eigenvalue weighted by Crippen LogP contribution is -2.28. The molecule has 1 aromatic heterocycles. The Bertz CT molecular complexity index is 1020. The molecule has 0 spiro atoms. The van der Waals surface area contributed by atoms with Crippen LogP contribution in [-0.2, 0) is 6.18 Å². The minimum Gasteiger partial charge on any atom is -0.365 e. The number of aromatic nitrogens is 1. The number of hydrogen-bond acceptors (Lipinski definition) is 2. The minimum atomic E-state index is -4.55. The van der Waals surface area contributed by atoms with E-state index in [1.54, 1.807) is 30.3 Å². The first kappa shape index (κ1) is 17.5. The highest BCUT2D eigenvalue weighted by Crippen LogP contribution is 2.30. The molecule has 0 aliphatic carbocycles. The summed E-state index contributed by atoms with van der Waals surface area (Å²) in [5, 5.41) is 0. The summed E-state index contributed by atoms with van der Waals surface area (Å²) in [6, 6.07) is 14.5. The Labute approximate surface area is 146 Å². The lowest BCUT2D eigenvalue weighted by molar-refractivity contribution is -0.137. The molecule has 2 aromatic carbocycles. The van der Waals surface area contributed by atoms with Gasteiger partial charge in [-0.1, -0.05) is 36.4 Å². The van der Waals surface area contributed by atoms with Gasteiger partial charge in [0.2, 0.25) is 0 Å². The molecule has 1 heterocycles. The highest BCUT2D eigenvalue weighted by Gasteiger charge is 2.30. The SMILES string of the molecule is NC(=O)c1cc(-c2ccccc2)cn(-c2cccc(C(F)(F)F)c2)c1=O. The van der Waals surface area contributed by atoms with Crippen molar-refractivity contribution in [2.75, 3.05) is 0 Å². The van der Waals surface area contributed by atoms with Crippen LogP contribution in [0.4, 0.5) is 13.2 Å². The summed E-state index contributed by atoms with van der Waals surface area (Å²) in [4.78, 5) is 24.2. The fraction of sp³-hybridized carbons (Fsp3) is 0.0526. The van der Waals surface area contributed by atoms with Crippen molar-refractivity contribution in [1.82, 2.24) is 4.57 Å². The van der Waals surface area contributed by atoms with Gasteiger partial charge in [-0.15, -0.1) is 0 Å². The van der Waals surface area contributed by atoms with E-state index in [-0.39, 0.29) is 11.3 Å². The molecule has 0 atom stereocenters. The summed E-state index contributed by atoms with van der Waals surface area (Å²) in [7, 11) is 0. The van der Waals surface area contributed by atoms with E-state index in [9.17, 15) is 22.8 Å². The van der Waals surface area contributed by atoms with Crippen molar-refractivity contribution in [2.24, 2.45) is 5.73 Å². The van der Waals surface area contributed by atoms with Gasteiger partial charge in [-0.3, -0.25) is 14.2 Å². The van der Waals surface area contributed by atoms with Crippen LogP contribution in [0.25, 0.3) is 16.8 Å². The fourth-order valence-corrected chi connectivity index (χ4v) is 2.57. The van der Waals surface area contributed by atoms with Crippen LogP contribution in [0.15, 0.2) is 71.7 Å². The minimum absolute atomic E-state index is 0.00916. The Morgan fingerprint density at radius 2 is 1.62 bits per heavy atom. The first-order valence-corrected chi connectivity index (χ1v) is 7.57. The summed E-state index contributed by atoms with van der Waals surface area (Å²) in [5.74, 6) is -0.950. The van der Waals surface area contributed by atoms with Crippen molar-refractivity contribution >= 4 is 5.91 Å². The summed E-state index contributed by atoms with van der Waals surface area (Å²) >= 11 is 0. The van der Waals surface area contributed by atoms with Gasteiger partial charge in [0, 0.05) is 11.9 Å². The normalized spacial score (nSPS) is 11.3. The zero-order valence-corrected chi connectivity index (χ0v) is 13.3. The second kappa shape index (κ2) is 6.51. The number of carbonyl (C=O) groups is 1. The maximum absolute atomic E-state index is 13.0. The Balaban J connectivity index is 2.26. The van der Waals surface area contributed by atoms with Crippen molar-refractivity contribution in [1.29, 1.82) is 0 Å². The van der Waals surface area contributed by atoms with Gasteiger partial charge < -0.3 is 5.73 Å². The number of alkyl halides is 3. The number of hydrogen-bond donors (Lipinski definition) is 1. The maximum Gasteiger partial charge on any atom is 0.416 e. The van der Waals surface area contributed by atoms with E-state index in [0.29, 0.717) is 11.1 Å². The average molecular weight is 358 g/mol. The van der Waals surface area contributed by atoms with E-state index in [2.05, 4.69) is 0 Å². The molecule has 1 amide bonds. The van der Waals surface area contributed by atoms with Gasteiger partial charge in [-0.25, -0.2) is 0 Å². The molecular weight excluding hydrogens is 345 g/mol. The number of amides is 1. The van der Waals surface area contributed by atoms with Gasteiger partial charge in [0.05, 0.1) is 5.56 Å². The second-order valence-corrected chi connectivity index (χ2v) is 5.60. The third-order valence-corrected chi connectivity index (χ3v) is 3.84. The molecule has 3 aromatic rings. The Morgan fingerprint density at radius 1 is 0.923 bits per heavy atom. The van der Waals surface area contributed by atoms with Crippen molar-refractivity contribution in [3.05, 3.63) is 88.3 Å². The maximum atomic E-state index is 13.0. The van der Waals surface area contributed by atoms with Crippen LogP contribution in [0.3, 0.4) is 0 Å². The van der Waals surface area contributed by atoms with Crippen molar-refractivity contribution < 1.29 is 18.0 Å². The third kappa shape index (κ3) is 3.37. The number of carbonyl (C=O) groups excluding carboxylic acids is 1.